The summed E-state index contributed by atoms with van der Waals surface area (Å²) >= 11 is 18.2. The minimum atomic E-state index is -0.905. The van der Waals surface area contributed by atoms with Crippen molar-refractivity contribution in [3.05, 3.63) is 80.8 Å². The molecule has 1 aliphatic rings. The van der Waals surface area contributed by atoms with E-state index in [1.807, 2.05) is 6.92 Å². The second-order valence-electron chi connectivity index (χ2n) is 9.03. The molecule has 0 saturated carbocycles. The molecule has 0 spiro atoms. The van der Waals surface area contributed by atoms with E-state index >= 15 is 0 Å². The highest BCUT2D eigenvalue weighted by Gasteiger charge is 2.37. The Morgan fingerprint density at radius 3 is 2.33 bits per heavy atom. The summed E-state index contributed by atoms with van der Waals surface area (Å²) < 4.78 is 16.8. The molecule has 0 aromatic heterocycles. The first-order valence-corrected chi connectivity index (χ1v) is 14.2. The molecule has 0 unspecified atom stereocenters. The summed E-state index contributed by atoms with van der Waals surface area (Å²) in [6.45, 7) is 4.19. The van der Waals surface area contributed by atoms with Gasteiger partial charge in [-0.05, 0) is 67.4 Å². The number of anilines is 2. The molecule has 1 aliphatic heterocycles. The maximum absolute atomic E-state index is 13.4. The number of hydrogen-bond donors (Lipinski definition) is 2. The molecule has 0 aliphatic carbocycles. The molecule has 0 bridgehead atoms. The highest BCUT2D eigenvalue weighted by molar-refractivity contribution is 6.42. The van der Waals surface area contributed by atoms with Crippen LogP contribution in [-0.2, 0) is 14.4 Å². The molecule has 3 aromatic carbocycles. The van der Waals surface area contributed by atoms with Crippen molar-refractivity contribution in [1.82, 2.24) is 5.32 Å². The summed E-state index contributed by atoms with van der Waals surface area (Å²) in [5, 5.41) is 5.58. The normalized spacial score (nSPS) is 14.0. The van der Waals surface area contributed by atoms with E-state index in [1.54, 1.807) is 31.2 Å². The Morgan fingerprint density at radius 2 is 1.63 bits per heavy atom. The number of nitrogens with one attached hydrogen (secondary N) is 2. The van der Waals surface area contributed by atoms with Crippen molar-refractivity contribution in [2.45, 2.75) is 20.3 Å². The van der Waals surface area contributed by atoms with Crippen molar-refractivity contribution in [1.29, 1.82) is 0 Å². The Kier molecular flexibility index (Phi) is 10.5. The van der Waals surface area contributed by atoms with Crippen LogP contribution in [0.25, 0.3) is 6.08 Å². The summed E-state index contributed by atoms with van der Waals surface area (Å²) in [6, 6.07) is 12.8. The molecule has 1 heterocycles. The molecule has 43 heavy (non-hydrogen) atoms. The largest absolute Gasteiger partial charge is 0.490 e. The van der Waals surface area contributed by atoms with E-state index in [4.69, 9.17) is 49.0 Å². The number of barbiturate groups is 1. The molecule has 1 fully saturated rings. The number of imide groups is 2. The van der Waals surface area contributed by atoms with E-state index in [9.17, 15) is 19.2 Å². The van der Waals surface area contributed by atoms with Crippen LogP contribution in [0.4, 0.5) is 16.2 Å². The zero-order valence-corrected chi connectivity index (χ0v) is 25.3. The van der Waals surface area contributed by atoms with Crippen molar-refractivity contribution in [2.24, 2.45) is 0 Å². The highest BCUT2D eigenvalue weighted by Crippen LogP contribution is 2.34. The van der Waals surface area contributed by atoms with Crippen LogP contribution in [0.1, 0.15) is 25.8 Å². The third kappa shape index (κ3) is 7.78. The van der Waals surface area contributed by atoms with Gasteiger partial charge in [0.25, 0.3) is 17.7 Å². The third-order valence-electron chi connectivity index (χ3n) is 5.88. The maximum Gasteiger partial charge on any atom is 0.335 e. The topological polar surface area (TPSA) is 123 Å². The van der Waals surface area contributed by atoms with Gasteiger partial charge in [0.05, 0.1) is 34.0 Å². The zero-order valence-electron chi connectivity index (χ0n) is 23.0. The first-order chi connectivity index (χ1) is 20.6. The molecule has 4 rings (SSSR count). The van der Waals surface area contributed by atoms with Crippen LogP contribution in [0, 0.1) is 0 Å². The lowest BCUT2D eigenvalue weighted by atomic mass is 10.1. The fraction of sp³-hybridized carbons (Fsp3) is 0.200. The van der Waals surface area contributed by atoms with Crippen molar-refractivity contribution < 1.29 is 33.4 Å². The molecule has 10 nitrogen and oxygen atoms in total. The number of carbonyl (C=O) groups excluding carboxylic acids is 4. The SMILES string of the molecule is CCCOc1ccc(N2C(=O)NC(=O)/C(=C\c3ccc(OCC(=O)Nc4ccc(Cl)c(Cl)c4)c(Cl)c3)C2=O)cc1OCC. The molecular formula is C30H26Cl3N3O7. The van der Waals surface area contributed by atoms with Gasteiger partial charge in [0.2, 0.25) is 0 Å². The fourth-order valence-electron chi connectivity index (χ4n) is 3.93. The number of halogens is 3. The lowest BCUT2D eigenvalue weighted by molar-refractivity contribution is -0.122. The quantitative estimate of drug-likeness (QED) is 0.180. The third-order valence-corrected chi connectivity index (χ3v) is 6.91. The zero-order chi connectivity index (χ0) is 31.1. The molecular weight excluding hydrogens is 621 g/mol. The van der Waals surface area contributed by atoms with Crippen LogP contribution in [-0.4, -0.2) is 43.6 Å². The number of benzene rings is 3. The summed E-state index contributed by atoms with van der Waals surface area (Å²) in [6.07, 6.45) is 2.08. The number of hydrogen-bond acceptors (Lipinski definition) is 7. The number of nitrogens with zero attached hydrogens (tertiary/aromatic N) is 1. The lowest BCUT2D eigenvalue weighted by Gasteiger charge is -2.27. The monoisotopic (exact) mass is 645 g/mol. The Labute approximate surface area is 262 Å². The number of urea groups is 1. The van der Waals surface area contributed by atoms with Crippen molar-refractivity contribution >= 4 is 76.0 Å². The Hall–Kier alpha value is -4.25. The molecule has 1 saturated heterocycles. The van der Waals surface area contributed by atoms with E-state index in [-0.39, 0.29) is 33.7 Å². The van der Waals surface area contributed by atoms with E-state index < -0.39 is 23.8 Å². The Morgan fingerprint density at radius 1 is 0.860 bits per heavy atom. The fourth-order valence-corrected chi connectivity index (χ4v) is 4.47. The molecule has 13 heteroatoms. The lowest BCUT2D eigenvalue weighted by Crippen LogP contribution is -2.54. The Bertz CT molecular complexity index is 1610. The summed E-state index contributed by atoms with van der Waals surface area (Å²) in [7, 11) is 0. The van der Waals surface area contributed by atoms with E-state index in [1.165, 1.54) is 36.4 Å². The summed E-state index contributed by atoms with van der Waals surface area (Å²) in [5.41, 5.74) is 0.710. The van der Waals surface area contributed by atoms with E-state index in [0.717, 1.165) is 11.3 Å². The van der Waals surface area contributed by atoms with Gasteiger partial charge in [0.15, 0.2) is 18.1 Å². The summed E-state index contributed by atoms with van der Waals surface area (Å²) in [4.78, 5) is 51.9. The van der Waals surface area contributed by atoms with Crippen molar-refractivity contribution in [3.63, 3.8) is 0 Å². The van der Waals surface area contributed by atoms with Gasteiger partial charge in [-0.25, -0.2) is 9.69 Å². The molecule has 3 aromatic rings. The molecule has 224 valence electrons. The van der Waals surface area contributed by atoms with Crippen molar-refractivity contribution in [2.75, 3.05) is 30.0 Å². The van der Waals surface area contributed by atoms with Crippen molar-refractivity contribution in [3.8, 4) is 17.2 Å². The minimum Gasteiger partial charge on any atom is -0.490 e. The van der Waals surface area contributed by atoms with Gasteiger partial charge in [0.1, 0.15) is 11.3 Å². The number of ether oxygens (including phenoxy) is 3. The highest BCUT2D eigenvalue weighted by atomic mass is 35.5. The number of amides is 5. The van der Waals surface area contributed by atoms with Gasteiger partial charge in [-0.2, -0.15) is 0 Å². The average molecular weight is 647 g/mol. The Balaban J connectivity index is 1.49. The van der Waals surface area contributed by atoms with E-state index in [2.05, 4.69) is 10.6 Å². The maximum atomic E-state index is 13.4. The first-order valence-electron chi connectivity index (χ1n) is 13.1. The molecule has 5 amide bonds. The number of carbonyl (C=O) groups is 4. The molecule has 2 N–H and O–H groups in total. The minimum absolute atomic E-state index is 0.123. The second-order valence-corrected chi connectivity index (χ2v) is 10.2. The smallest absolute Gasteiger partial charge is 0.335 e. The van der Waals surface area contributed by atoms with E-state index in [0.29, 0.717) is 41.0 Å². The van der Waals surface area contributed by atoms with Crippen LogP contribution in [0.3, 0.4) is 0 Å². The van der Waals surface area contributed by atoms with Crippen LogP contribution in [0.5, 0.6) is 17.2 Å². The first kappa shape index (κ1) is 31.7. The van der Waals surface area contributed by atoms with Gasteiger partial charge in [-0.15, -0.1) is 0 Å². The van der Waals surface area contributed by atoms with Crippen LogP contribution < -0.4 is 29.7 Å². The number of rotatable bonds is 11. The molecule has 0 radical (unpaired) electrons. The van der Waals surface area contributed by atoms with Gasteiger partial charge in [0, 0.05) is 11.8 Å². The van der Waals surface area contributed by atoms with Gasteiger partial charge in [-0.1, -0.05) is 47.8 Å². The second kappa shape index (κ2) is 14.3. The van der Waals surface area contributed by atoms with Gasteiger partial charge < -0.3 is 19.5 Å². The summed E-state index contributed by atoms with van der Waals surface area (Å²) in [5.74, 6) is -1.16. The van der Waals surface area contributed by atoms with Crippen LogP contribution >= 0.6 is 34.8 Å². The van der Waals surface area contributed by atoms with Crippen LogP contribution in [0.2, 0.25) is 15.1 Å². The predicted octanol–water partition coefficient (Wildman–Crippen LogP) is 6.52. The molecule has 0 atom stereocenters. The van der Waals surface area contributed by atoms with Gasteiger partial charge in [-0.3, -0.25) is 19.7 Å². The van der Waals surface area contributed by atoms with Gasteiger partial charge >= 0.3 is 6.03 Å². The predicted molar refractivity (Wildman–Crippen MR) is 164 cm³/mol. The standard InChI is InChI=1S/C30H26Cl3N3O7/c1-3-11-42-25-10-7-19(15-26(25)41-4-2)36-29(39)20(28(38)35-30(36)40)12-17-5-9-24(23(33)13-17)43-16-27(37)34-18-6-8-21(31)22(32)14-18/h5-10,12-15H,3-4,11,16H2,1-2H3,(H,34,37)(H,35,38,40)/b20-12+. The van der Waals surface area contributed by atoms with Crippen LogP contribution in [0.15, 0.2) is 60.2 Å². The average Bonchev–Trinajstić information content (AvgIpc) is 2.96.